The number of fused-ring (bicyclic) bond motifs is 1. The van der Waals surface area contributed by atoms with Crippen LogP contribution < -0.4 is 4.74 Å². The van der Waals surface area contributed by atoms with Gasteiger partial charge in [-0.25, -0.2) is 4.98 Å². The van der Waals surface area contributed by atoms with Gasteiger partial charge in [-0.15, -0.1) is 24.6 Å². The van der Waals surface area contributed by atoms with Crippen molar-refractivity contribution in [3.63, 3.8) is 0 Å². The van der Waals surface area contributed by atoms with Crippen molar-refractivity contribution in [2.45, 2.75) is 71.1 Å². The molecule has 31 heavy (non-hydrogen) atoms. The van der Waals surface area contributed by atoms with E-state index in [-0.39, 0.29) is 22.8 Å². The molecule has 2 heterocycles. The second kappa shape index (κ2) is 8.47. The van der Waals surface area contributed by atoms with Gasteiger partial charge in [0.2, 0.25) is 5.13 Å². The quantitative estimate of drug-likeness (QED) is 0.357. The number of rotatable bonds is 3. The Morgan fingerprint density at radius 1 is 1.29 bits per heavy atom. The zero-order valence-corrected chi connectivity index (χ0v) is 20.4. The second-order valence-corrected chi connectivity index (χ2v) is 15.4. The van der Waals surface area contributed by atoms with Crippen molar-refractivity contribution < 1.29 is 22.6 Å². The molecule has 0 bridgehead atoms. The number of aliphatic imine (C=N–C) groups is 1. The molecule has 1 fully saturated rings. The van der Waals surface area contributed by atoms with Crippen LogP contribution in [0.1, 0.15) is 40.5 Å². The lowest BCUT2D eigenvalue weighted by Gasteiger charge is -2.31. The van der Waals surface area contributed by atoms with Gasteiger partial charge in [-0.1, -0.05) is 52.1 Å². The minimum Gasteiger partial charge on any atom is -0.476 e. The van der Waals surface area contributed by atoms with Crippen LogP contribution in [0.25, 0.3) is 10.2 Å². The summed E-state index contributed by atoms with van der Waals surface area (Å²) < 4.78 is 47.9. The summed E-state index contributed by atoms with van der Waals surface area (Å²) in [6.45, 7) is 13.3. The first-order valence-electron chi connectivity index (χ1n) is 10.2. The summed E-state index contributed by atoms with van der Waals surface area (Å²) in [4.78, 5) is 8.91. The van der Waals surface area contributed by atoms with E-state index in [0.29, 0.717) is 27.7 Å². The molecule has 1 aliphatic heterocycles. The Morgan fingerprint density at radius 2 is 2.00 bits per heavy atom. The number of hydrogen-bond acceptors (Lipinski definition) is 5. The number of ether oxygens (including phenoxy) is 2. The van der Waals surface area contributed by atoms with Crippen molar-refractivity contribution in [3.8, 4) is 17.2 Å². The van der Waals surface area contributed by atoms with E-state index < -0.39 is 14.4 Å². The highest BCUT2D eigenvalue weighted by molar-refractivity contribution is 7.22. The lowest BCUT2D eigenvalue weighted by molar-refractivity contribution is -0.274. The van der Waals surface area contributed by atoms with Gasteiger partial charge in [0.05, 0.1) is 10.2 Å². The van der Waals surface area contributed by atoms with Gasteiger partial charge in [-0.3, -0.25) is 0 Å². The molecule has 0 spiro atoms. The molecule has 0 saturated carbocycles. The van der Waals surface area contributed by atoms with E-state index in [2.05, 4.69) is 60.0 Å². The predicted octanol–water partition coefficient (Wildman–Crippen LogP) is 7.09. The zero-order chi connectivity index (χ0) is 23.0. The first-order valence-corrected chi connectivity index (χ1v) is 14.0. The fourth-order valence-corrected chi connectivity index (χ4v) is 4.69. The van der Waals surface area contributed by atoms with E-state index >= 15 is 0 Å². The molecule has 0 amide bonds. The molecule has 1 saturated heterocycles. The van der Waals surface area contributed by atoms with Gasteiger partial charge in [0.25, 0.3) is 0 Å². The fraction of sp³-hybridized carbons (Fsp3) is 0.545. The molecule has 3 rings (SSSR count). The third-order valence-corrected chi connectivity index (χ3v) is 11.2. The van der Waals surface area contributed by atoms with Crippen molar-refractivity contribution in [3.05, 3.63) is 18.2 Å². The number of nitrogens with zero attached hydrogens (tertiary/aromatic N) is 2. The molecule has 168 valence electrons. The van der Waals surface area contributed by atoms with Crippen LogP contribution in [0.5, 0.6) is 5.75 Å². The van der Waals surface area contributed by atoms with E-state index in [1.54, 1.807) is 0 Å². The molecule has 2 aromatic rings. The number of aromatic nitrogens is 1. The van der Waals surface area contributed by atoms with E-state index in [0.717, 1.165) is 6.42 Å². The molecule has 2 unspecified atom stereocenters. The normalized spacial score (nSPS) is 21.1. The summed E-state index contributed by atoms with van der Waals surface area (Å²) in [7, 11) is -1.65. The third kappa shape index (κ3) is 6.01. The molecular weight excluding hydrogens is 441 g/mol. The van der Waals surface area contributed by atoms with E-state index in [1.165, 1.54) is 29.5 Å². The summed E-state index contributed by atoms with van der Waals surface area (Å²) in [6.07, 6.45) is -3.24. The molecule has 1 aliphatic rings. The number of alkyl halides is 3. The Labute approximate surface area is 185 Å². The summed E-state index contributed by atoms with van der Waals surface area (Å²) in [5.41, 5.74) is 4.08. The van der Waals surface area contributed by atoms with Crippen molar-refractivity contribution in [2.75, 3.05) is 0 Å². The van der Waals surface area contributed by atoms with Gasteiger partial charge in [0.1, 0.15) is 19.9 Å². The summed E-state index contributed by atoms with van der Waals surface area (Å²) in [5, 5.41) is 0.669. The molecule has 0 aliphatic carbocycles. The van der Waals surface area contributed by atoms with Gasteiger partial charge in [0.15, 0.2) is 5.90 Å². The minimum absolute atomic E-state index is 0.00724. The largest absolute Gasteiger partial charge is 0.573 e. The molecule has 9 heteroatoms. The number of hydrogen-bond donors (Lipinski definition) is 0. The van der Waals surface area contributed by atoms with Gasteiger partial charge < -0.3 is 9.47 Å². The molecule has 0 N–H and O–H groups in total. The minimum atomic E-state index is -4.73. The Morgan fingerprint density at radius 3 is 2.65 bits per heavy atom. The number of halogens is 3. The fourth-order valence-electron chi connectivity index (χ4n) is 2.90. The van der Waals surface area contributed by atoms with Crippen molar-refractivity contribution in [2.24, 2.45) is 10.9 Å². The average molecular weight is 469 g/mol. The predicted molar refractivity (Wildman–Crippen MR) is 122 cm³/mol. The first-order chi connectivity index (χ1) is 14.2. The molecule has 2 atom stereocenters. The van der Waals surface area contributed by atoms with Gasteiger partial charge in [-0.05, 0) is 23.6 Å². The Kier molecular flexibility index (Phi) is 6.45. The van der Waals surface area contributed by atoms with Crippen LogP contribution in [0.3, 0.4) is 0 Å². The average Bonchev–Trinajstić information content (AvgIpc) is 3.15. The van der Waals surface area contributed by atoms with Crippen LogP contribution in [-0.4, -0.2) is 31.4 Å². The number of thiazole rings is 1. The SMILES string of the molecule is CC1CC(CC#C[Si](C)(C)C(C)(C)C)OC1=Nc1nc2ccc(OC(F)(F)F)cc2s1. The maximum Gasteiger partial charge on any atom is 0.573 e. The topological polar surface area (TPSA) is 43.7 Å². The summed E-state index contributed by atoms with van der Waals surface area (Å²) >= 11 is 1.20. The van der Waals surface area contributed by atoms with Crippen molar-refractivity contribution in [1.82, 2.24) is 4.98 Å². The highest BCUT2D eigenvalue weighted by Gasteiger charge is 2.34. The highest BCUT2D eigenvalue weighted by Crippen LogP contribution is 2.36. The lowest BCUT2D eigenvalue weighted by Crippen LogP contribution is -2.35. The van der Waals surface area contributed by atoms with Crippen LogP contribution >= 0.6 is 11.3 Å². The monoisotopic (exact) mass is 468 g/mol. The maximum atomic E-state index is 12.4. The van der Waals surface area contributed by atoms with Crippen LogP contribution in [0.15, 0.2) is 23.2 Å². The summed E-state index contributed by atoms with van der Waals surface area (Å²) in [6, 6.07) is 4.06. The van der Waals surface area contributed by atoms with Crippen molar-refractivity contribution >= 4 is 40.7 Å². The van der Waals surface area contributed by atoms with Crippen molar-refractivity contribution in [1.29, 1.82) is 0 Å². The Hall–Kier alpha value is -2.05. The molecule has 1 aromatic carbocycles. The van der Waals surface area contributed by atoms with Gasteiger partial charge in [0, 0.05) is 18.4 Å². The molecule has 0 radical (unpaired) electrons. The van der Waals surface area contributed by atoms with Gasteiger partial charge >= 0.3 is 6.36 Å². The second-order valence-electron chi connectivity index (χ2n) is 9.38. The van der Waals surface area contributed by atoms with E-state index in [9.17, 15) is 13.2 Å². The highest BCUT2D eigenvalue weighted by atomic mass is 32.1. The van der Waals surface area contributed by atoms with Crippen LogP contribution in [0.2, 0.25) is 18.1 Å². The van der Waals surface area contributed by atoms with E-state index in [4.69, 9.17) is 4.74 Å². The molecular formula is C22H27F3N2O2SSi. The van der Waals surface area contributed by atoms with Crippen LogP contribution in [-0.2, 0) is 4.74 Å². The summed E-state index contributed by atoms with van der Waals surface area (Å²) in [5.74, 6) is 3.81. The third-order valence-electron chi connectivity index (χ3n) is 5.72. The number of benzene rings is 1. The lowest BCUT2D eigenvalue weighted by atomic mass is 10.1. The van der Waals surface area contributed by atoms with Crippen LogP contribution in [0.4, 0.5) is 18.3 Å². The van der Waals surface area contributed by atoms with E-state index in [1.807, 2.05) is 6.92 Å². The Bertz CT molecular complexity index is 1040. The smallest absolute Gasteiger partial charge is 0.476 e. The first kappa shape index (κ1) is 23.6. The molecule has 4 nitrogen and oxygen atoms in total. The standard InChI is InChI=1S/C22H27F3N2O2SSi/c1-14-12-15(8-7-11-31(5,6)21(2,3)4)28-19(14)27-20-26-17-10-9-16(13-18(17)30-20)29-22(23,24)25/h9-10,13-15H,8,12H2,1-6H3. The zero-order valence-electron chi connectivity index (χ0n) is 18.6. The Balaban J connectivity index is 1.71. The van der Waals surface area contributed by atoms with Gasteiger partial charge in [-0.2, -0.15) is 4.99 Å². The van der Waals surface area contributed by atoms with Crippen LogP contribution in [0, 0.1) is 17.4 Å². The maximum absolute atomic E-state index is 12.4. The molecule has 1 aromatic heterocycles.